The number of rotatable bonds is 2. The van der Waals surface area contributed by atoms with E-state index >= 15 is 0 Å². The monoisotopic (exact) mass is 261 g/mol. The number of hydrogen-bond donors (Lipinski definition) is 1. The Morgan fingerprint density at radius 3 is 2.79 bits per heavy atom. The lowest BCUT2D eigenvalue weighted by Gasteiger charge is -2.39. The van der Waals surface area contributed by atoms with E-state index in [0.29, 0.717) is 18.2 Å². The van der Waals surface area contributed by atoms with Crippen LogP contribution in [0.25, 0.3) is 0 Å². The van der Waals surface area contributed by atoms with Crippen LogP contribution in [-0.4, -0.2) is 24.4 Å². The van der Waals surface area contributed by atoms with E-state index in [1.165, 1.54) is 5.56 Å². The molecule has 3 heteroatoms. The van der Waals surface area contributed by atoms with E-state index in [1.807, 2.05) is 6.07 Å². The van der Waals surface area contributed by atoms with Gasteiger partial charge in [0.25, 0.3) is 0 Å². The van der Waals surface area contributed by atoms with Crippen LogP contribution in [0, 0.1) is 0 Å². The smallest absolute Gasteiger partial charge is 0.124 e. The number of fused-ring (bicyclic) bond motifs is 1. The molecule has 0 spiro atoms. The quantitative estimate of drug-likeness (QED) is 0.887. The third-order valence-electron chi connectivity index (χ3n) is 4.17. The summed E-state index contributed by atoms with van der Waals surface area (Å²) in [6, 6.07) is 9.17. The first-order valence-electron chi connectivity index (χ1n) is 7.21. The normalized spacial score (nSPS) is 32.7. The summed E-state index contributed by atoms with van der Waals surface area (Å²) in [7, 11) is 0. The predicted molar refractivity (Wildman–Crippen MR) is 75.5 cm³/mol. The first-order chi connectivity index (χ1) is 9.05. The highest BCUT2D eigenvalue weighted by Gasteiger charge is 2.36. The molecule has 1 saturated heterocycles. The van der Waals surface area contributed by atoms with Crippen LogP contribution in [0.1, 0.15) is 45.2 Å². The van der Waals surface area contributed by atoms with E-state index in [4.69, 9.17) is 9.47 Å². The topological polar surface area (TPSA) is 30.5 Å². The molecule has 0 aromatic heterocycles. The van der Waals surface area contributed by atoms with Crippen molar-refractivity contribution in [3.8, 4) is 5.75 Å². The third kappa shape index (κ3) is 2.63. The van der Waals surface area contributed by atoms with Crippen molar-refractivity contribution in [3.63, 3.8) is 0 Å². The summed E-state index contributed by atoms with van der Waals surface area (Å²) in [5.41, 5.74) is 1.16. The van der Waals surface area contributed by atoms with Gasteiger partial charge in [-0.1, -0.05) is 18.2 Å². The van der Waals surface area contributed by atoms with E-state index in [0.717, 1.165) is 25.2 Å². The second-order valence-electron chi connectivity index (χ2n) is 6.29. The van der Waals surface area contributed by atoms with Gasteiger partial charge in [0.2, 0.25) is 0 Å². The Bertz CT molecular complexity index is 458. The molecule has 0 radical (unpaired) electrons. The Hall–Kier alpha value is -1.06. The average Bonchev–Trinajstić information content (AvgIpc) is 2.74. The second-order valence-corrected chi connectivity index (χ2v) is 6.29. The van der Waals surface area contributed by atoms with Gasteiger partial charge in [0.05, 0.1) is 6.10 Å². The Balaban J connectivity index is 1.84. The zero-order chi connectivity index (χ0) is 13.5. The minimum atomic E-state index is -0.116. The SMILES string of the molecule is CC1OCCC1NC1CC(C)(C)Oc2ccccc21. The number of hydrogen-bond acceptors (Lipinski definition) is 3. The lowest BCUT2D eigenvalue weighted by atomic mass is 9.89. The minimum absolute atomic E-state index is 0.116. The van der Waals surface area contributed by atoms with Crippen LogP contribution < -0.4 is 10.1 Å². The molecule has 0 saturated carbocycles. The summed E-state index contributed by atoms with van der Waals surface area (Å²) >= 11 is 0. The summed E-state index contributed by atoms with van der Waals surface area (Å²) in [6.45, 7) is 7.34. The molecule has 2 aliphatic heterocycles. The van der Waals surface area contributed by atoms with Gasteiger partial charge in [0, 0.05) is 30.7 Å². The van der Waals surface area contributed by atoms with Gasteiger partial charge in [-0.25, -0.2) is 0 Å². The molecule has 1 aromatic carbocycles. The Morgan fingerprint density at radius 1 is 1.26 bits per heavy atom. The van der Waals surface area contributed by atoms with Crippen LogP contribution in [0.3, 0.4) is 0 Å². The molecule has 2 aliphatic rings. The van der Waals surface area contributed by atoms with Gasteiger partial charge < -0.3 is 14.8 Å². The van der Waals surface area contributed by atoms with Crippen molar-refractivity contribution in [2.24, 2.45) is 0 Å². The first kappa shape index (κ1) is 12.9. The van der Waals surface area contributed by atoms with Crippen molar-refractivity contribution in [1.82, 2.24) is 5.32 Å². The Labute approximate surface area is 115 Å². The largest absolute Gasteiger partial charge is 0.487 e. The molecule has 19 heavy (non-hydrogen) atoms. The fraction of sp³-hybridized carbons (Fsp3) is 0.625. The van der Waals surface area contributed by atoms with Crippen LogP contribution in [-0.2, 0) is 4.74 Å². The van der Waals surface area contributed by atoms with Crippen molar-refractivity contribution in [2.45, 2.75) is 57.4 Å². The van der Waals surface area contributed by atoms with Crippen LogP contribution in [0.15, 0.2) is 24.3 Å². The predicted octanol–water partition coefficient (Wildman–Crippen LogP) is 3.06. The van der Waals surface area contributed by atoms with Crippen molar-refractivity contribution in [2.75, 3.05) is 6.61 Å². The fourth-order valence-corrected chi connectivity index (χ4v) is 3.16. The molecule has 0 amide bonds. The van der Waals surface area contributed by atoms with Crippen LogP contribution in [0.5, 0.6) is 5.75 Å². The standard InChI is InChI=1S/C16H23NO2/c1-11-13(8-9-18-11)17-14-10-16(2,3)19-15-7-5-4-6-12(14)15/h4-7,11,13-14,17H,8-10H2,1-3H3. The third-order valence-corrected chi connectivity index (χ3v) is 4.17. The molecule has 3 atom stereocenters. The maximum absolute atomic E-state index is 6.07. The molecule has 3 unspecified atom stereocenters. The highest BCUT2D eigenvalue weighted by atomic mass is 16.5. The molecule has 3 nitrogen and oxygen atoms in total. The zero-order valence-corrected chi connectivity index (χ0v) is 12.0. The molecule has 104 valence electrons. The van der Waals surface area contributed by atoms with Gasteiger partial charge in [-0.3, -0.25) is 0 Å². The Morgan fingerprint density at radius 2 is 2.05 bits per heavy atom. The van der Waals surface area contributed by atoms with Crippen LogP contribution in [0.4, 0.5) is 0 Å². The summed E-state index contributed by atoms with van der Waals surface area (Å²) in [6.07, 6.45) is 2.40. The molecular weight excluding hydrogens is 238 g/mol. The van der Waals surface area contributed by atoms with Crippen LogP contribution >= 0.6 is 0 Å². The highest BCUT2D eigenvalue weighted by Crippen LogP contribution is 2.39. The maximum Gasteiger partial charge on any atom is 0.124 e. The van der Waals surface area contributed by atoms with Gasteiger partial charge in [-0.05, 0) is 33.3 Å². The number of nitrogens with one attached hydrogen (secondary N) is 1. The zero-order valence-electron chi connectivity index (χ0n) is 12.0. The Kier molecular flexibility index (Phi) is 3.27. The number of benzene rings is 1. The molecule has 1 N–H and O–H groups in total. The number of para-hydroxylation sites is 1. The molecule has 2 heterocycles. The average molecular weight is 261 g/mol. The van der Waals surface area contributed by atoms with Crippen molar-refractivity contribution in [1.29, 1.82) is 0 Å². The summed E-state index contributed by atoms with van der Waals surface area (Å²) in [4.78, 5) is 0. The van der Waals surface area contributed by atoms with E-state index in [1.54, 1.807) is 0 Å². The van der Waals surface area contributed by atoms with Gasteiger partial charge in [0.1, 0.15) is 11.4 Å². The van der Waals surface area contributed by atoms with Gasteiger partial charge in [0.15, 0.2) is 0 Å². The summed E-state index contributed by atoms with van der Waals surface area (Å²) in [5.74, 6) is 1.02. The van der Waals surface area contributed by atoms with E-state index in [9.17, 15) is 0 Å². The van der Waals surface area contributed by atoms with Crippen LogP contribution in [0.2, 0.25) is 0 Å². The lowest BCUT2D eigenvalue weighted by molar-refractivity contribution is 0.0581. The molecule has 1 fully saturated rings. The second kappa shape index (κ2) is 4.80. The van der Waals surface area contributed by atoms with E-state index < -0.39 is 0 Å². The van der Waals surface area contributed by atoms with Gasteiger partial charge in [-0.15, -0.1) is 0 Å². The molecular formula is C16H23NO2. The van der Waals surface area contributed by atoms with Gasteiger partial charge in [-0.2, -0.15) is 0 Å². The molecule has 0 bridgehead atoms. The molecule has 0 aliphatic carbocycles. The maximum atomic E-state index is 6.07. The van der Waals surface area contributed by atoms with Gasteiger partial charge >= 0.3 is 0 Å². The molecule has 1 aromatic rings. The summed E-state index contributed by atoms with van der Waals surface area (Å²) < 4.78 is 11.7. The number of ether oxygens (including phenoxy) is 2. The van der Waals surface area contributed by atoms with Crippen molar-refractivity contribution < 1.29 is 9.47 Å². The minimum Gasteiger partial charge on any atom is -0.487 e. The fourth-order valence-electron chi connectivity index (χ4n) is 3.16. The van der Waals surface area contributed by atoms with Crippen molar-refractivity contribution >= 4 is 0 Å². The first-order valence-corrected chi connectivity index (χ1v) is 7.21. The highest BCUT2D eigenvalue weighted by molar-refractivity contribution is 5.38. The summed E-state index contributed by atoms with van der Waals surface area (Å²) in [5, 5.41) is 3.77. The lowest BCUT2D eigenvalue weighted by Crippen LogP contribution is -2.44. The van der Waals surface area contributed by atoms with E-state index in [2.05, 4.69) is 44.3 Å². The van der Waals surface area contributed by atoms with Crippen molar-refractivity contribution in [3.05, 3.63) is 29.8 Å². The van der Waals surface area contributed by atoms with E-state index in [-0.39, 0.29) is 5.60 Å². The molecule has 3 rings (SSSR count).